The predicted molar refractivity (Wildman–Crippen MR) is 41.8 cm³/mol. The minimum atomic E-state index is -4.40. The highest BCUT2D eigenvalue weighted by Gasteiger charge is 2.32. The van der Waals surface area contributed by atoms with E-state index in [0.717, 1.165) is 12.3 Å². The van der Waals surface area contributed by atoms with Crippen molar-refractivity contribution >= 4 is 0 Å². The third kappa shape index (κ3) is 2.42. The van der Waals surface area contributed by atoms with Gasteiger partial charge in [0.1, 0.15) is 5.69 Å². The minimum Gasteiger partial charge on any atom is -0.324 e. The molecule has 1 aromatic heterocycles. The molecule has 2 nitrogen and oxygen atoms in total. The predicted octanol–water partition coefficient (Wildman–Crippen LogP) is 2.12. The van der Waals surface area contributed by atoms with Gasteiger partial charge in [-0.2, -0.15) is 13.2 Å². The first kappa shape index (κ1) is 9.98. The second-order valence-corrected chi connectivity index (χ2v) is 2.76. The summed E-state index contributed by atoms with van der Waals surface area (Å²) in [5.74, 6) is 0. The van der Waals surface area contributed by atoms with E-state index >= 15 is 0 Å². The van der Waals surface area contributed by atoms with Gasteiger partial charge in [-0.1, -0.05) is 0 Å². The molecule has 72 valence electrons. The molecule has 0 amide bonds. The molecule has 0 fully saturated rings. The topological polar surface area (TPSA) is 38.9 Å². The van der Waals surface area contributed by atoms with Crippen LogP contribution in [-0.4, -0.2) is 4.98 Å². The van der Waals surface area contributed by atoms with Crippen LogP contribution >= 0.6 is 0 Å². The third-order valence-electron chi connectivity index (χ3n) is 1.60. The number of pyridine rings is 1. The van der Waals surface area contributed by atoms with Crippen molar-refractivity contribution in [3.63, 3.8) is 0 Å². The maximum atomic E-state index is 12.1. The lowest BCUT2D eigenvalue weighted by Gasteiger charge is -2.09. The molecule has 1 rings (SSSR count). The molecule has 5 heteroatoms. The molecular weight excluding hydrogens is 181 g/mol. The first-order valence-corrected chi connectivity index (χ1v) is 3.70. The summed E-state index contributed by atoms with van der Waals surface area (Å²) in [6, 6.07) is 2.02. The largest absolute Gasteiger partial charge is 0.433 e. The lowest BCUT2D eigenvalue weighted by Crippen LogP contribution is -2.11. The number of hydrogen-bond donors (Lipinski definition) is 1. The smallest absolute Gasteiger partial charge is 0.324 e. The van der Waals surface area contributed by atoms with Gasteiger partial charge in [0, 0.05) is 12.2 Å². The van der Waals surface area contributed by atoms with Gasteiger partial charge in [0.25, 0.3) is 0 Å². The van der Waals surface area contributed by atoms with Gasteiger partial charge >= 0.3 is 6.18 Å². The summed E-state index contributed by atoms with van der Waals surface area (Å²) in [6.45, 7) is 1.62. The van der Waals surface area contributed by atoms with E-state index in [1.54, 1.807) is 6.92 Å². The molecule has 0 bridgehead atoms. The number of aromatic nitrogens is 1. The van der Waals surface area contributed by atoms with Crippen molar-refractivity contribution in [2.75, 3.05) is 0 Å². The van der Waals surface area contributed by atoms with Crippen LogP contribution in [0.3, 0.4) is 0 Å². The Labute approximate surface area is 73.6 Å². The quantitative estimate of drug-likeness (QED) is 0.736. The van der Waals surface area contributed by atoms with Crippen LogP contribution in [0.1, 0.15) is 24.2 Å². The van der Waals surface area contributed by atoms with Crippen molar-refractivity contribution in [3.05, 3.63) is 29.6 Å². The van der Waals surface area contributed by atoms with E-state index in [0.29, 0.717) is 5.56 Å². The zero-order valence-corrected chi connectivity index (χ0v) is 6.97. The minimum absolute atomic E-state index is 0.413. The Bertz CT molecular complexity index is 294. The molecule has 13 heavy (non-hydrogen) atoms. The highest BCUT2D eigenvalue weighted by Crippen LogP contribution is 2.28. The van der Waals surface area contributed by atoms with Crippen LogP contribution in [0.15, 0.2) is 18.3 Å². The number of nitrogens with zero attached hydrogens (tertiary/aromatic N) is 1. The average molecular weight is 190 g/mol. The van der Waals surface area contributed by atoms with Crippen molar-refractivity contribution in [3.8, 4) is 0 Å². The van der Waals surface area contributed by atoms with Crippen LogP contribution in [0, 0.1) is 0 Å². The van der Waals surface area contributed by atoms with E-state index in [1.807, 2.05) is 0 Å². The van der Waals surface area contributed by atoms with Crippen molar-refractivity contribution in [1.82, 2.24) is 4.98 Å². The van der Waals surface area contributed by atoms with Gasteiger partial charge in [-0.3, -0.25) is 4.98 Å². The monoisotopic (exact) mass is 190 g/mol. The number of alkyl halides is 3. The Kier molecular flexibility index (Phi) is 2.56. The summed E-state index contributed by atoms with van der Waals surface area (Å²) in [6.07, 6.45) is -3.29. The highest BCUT2D eigenvalue weighted by molar-refractivity contribution is 5.20. The molecule has 1 heterocycles. The maximum absolute atomic E-state index is 12.1. The van der Waals surface area contributed by atoms with Crippen molar-refractivity contribution in [1.29, 1.82) is 0 Å². The maximum Gasteiger partial charge on any atom is 0.433 e. The fourth-order valence-electron chi connectivity index (χ4n) is 0.885. The van der Waals surface area contributed by atoms with Gasteiger partial charge in [-0.05, 0) is 24.6 Å². The van der Waals surface area contributed by atoms with Crippen molar-refractivity contribution in [2.24, 2.45) is 5.73 Å². The molecule has 2 N–H and O–H groups in total. The standard InChI is InChI=1S/C8H9F3N2/c1-5(12)6-2-3-13-7(4-6)8(9,10)11/h2-5H,12H2,1H3/t5-/m0/s1. The number of hydrogen-bond acceptors (Lipinski definition) is 2. The van der Waals surface area contributed by atoms with Crippen LogP contribution in [0.4, 0.5) is 13.2 Å². The zero-order chi connectivity index (χ0) is 10.1. The molecule has 0 aliphatic heterocycles. The van der Waals surface area contributed by atoms with E-state index in [2.05, 4.69) is 4.98 Å². The summed E-state index contributed by atoms with van der Waals surface area (Å²) in [7, 11) is 0. The molecule has 0 aromatic carbocycles. The Balaban J connectivity index is 3.06. The second kappa shape index (κ2) is 3.33. The first-order valence-electron chi connectivity index (χ1n) is 3.70. The molecular formula is C8H9F3N2. The fourth-order valence-corrected chi connectivity index (χ4v) is 0.885. The molecule has 0 radical (unpaired) electrons. The van der Waals surface area contributed by atoms with Crippen LogP contribution in [0.2, 0.25) is 0 Å². The molecule has 1 aromatic rings. The summed E-state index contributed by atoms with van der Waals surface area (Å²) in [5, 5.41) is 0. The van der Waals surface area contributed by atoms with E-state index in [9.17, 15) is 13.2 Å². The van der Waals surface area contributed by atoms with Gasteiger partial charge in [-0.15, -0.1) is 0 Å². The summed E-state index contributed by atoms with van der Waals surface area (Å²) >= 11 is 0. The van der Waals surface area contributed by atoms with Crippen LogP contribution in [0.5, 0.6) is 0 Å². The molecule has 0 aliphatic rings. The van der Waals surface area contributed by atoms with Crippen LogP contribution in [-0.2, 0) is 6.18 Å². The Morgan fingerprint density at radius 1 is 1.46 bits per heavy atom. The summed E-state index contributed by atoms with van der Waals surface area (Å²) < 4.78 is 36.4. The van der Waals surface area contributed by atoms with Gasteiger partial charge in [0.05, 0.1) is 0 Å². The van der Waals surface area contributed by atoms with Crippen LogP contribution in [0.25, 0.3) is 0 Å². The number of nitrogens with two attached hydrogens (primary N) is 1. The fraction of sp³-hybridized carbons (Fsp3) is 0.375. The van der Waals surface area contributed by atoms with Gasteiger partial charge in [0.2, 0.25) is 0 Å². The van der Waals surface area contributed by atoms with Gasteiger partial charge < -0.3 is 5.73 Å². The summed E-state index contributed by atoms with van der Waals surface area (Å²) in [5.41, 5.74) is 4.96. The number of rotatable bonds is 1. The molecule has 0 unspecified atom stereocenters. The zero-order valence-electron chi connectivity index (χ0n) is 6.97. The van der Waals surface area contributed by atoms with Gasteiger partial charge in [0.15, 0.2) is 0 Å². The van der Waals surface area contributed by atoms with Crippen LogP contribution < -0.4 is 5.73 Å². The Morgan fingerprint density at radius 2 is 2.08 bits per heavy atom. The lowest BCUT2D eigenvalue weighted by atomic mass is 10.1. The van der Waals surface area contributed by atoms with E-state index in [1.165, 1.54) is 6.07 Å². The highest BCUT2D eigenvalue weighted by atomic mass is 19.4. The van der Waals surface area contributed by atoms with Crippen molar-refractivity contribution < 1.29 is 13.2 Å². The molecule has 0 spiro atoms. The molecule has 0 saturated carbocycles. The van der Waals surface area contributed by atoms with E-state index in [4.69, 9.17) is 5.73 Å². The molecule has 0 saturated heterocycles. The van der Waals surface area contributed by atoms with Gasteiger partial charge in [-0.25, -0.2) is 0 Å². The van der Waals surface area contributed by atoms with Crippen molar-refractivity contribution in [2.45, 2.75) is 19.1 Å². The molecule has 0 aliphatic carbocycles. The SMILES string of the molecule is C[C@H](N)c1ccnc(C(F)(F)F)c1. The van der Waals surface area contributed by atoms with E-state index < -0.39 is 17.9 Å². The third-order valence-corrected chi connectivity index (χ3v) is 1.60. The molecule has 1 atom stereocenters. The normalized spacial score (nSPS) is 14.2. The lowest BCUT2D eigenvalue weighted by molar-refractivity contribution is -0.141. The number of halogens is 3. The Morgan fingerprint density at radius 3 is 2.54 bits per heavy atom. The second-order valence-electron chi connectivity index (χ2n) is 2.76. The average Bonchev–Trinajstić information content (AvgIpc) is 2.03. The summed E-state index contributed by atoms with van der Waals surface area (Å²) in [4.78, 5) is 3.21. The first-order chi connectivity index (χ1) is 5.91. The van der Waals surface area contributed by atoms with E-state index in [-0.39, 0.29) is 0 Å². The Hall–Kier alpha value is -1.10.